The molecule has 0 spiro atoms. The Morgan fingerprint density at radius 2 is 1.90 bits per heavy atom. The first kappa shape index (κ1) is 13.8. The van der Waals surface area contributed by atoms with Crippen molar-refractivity contribution in [1.82, 2.24) is 4.98 Å². The lowest BCUT2D eigenvalue weighted by Crippen LogP contribution is -2.03. The standard InChI is InChI=1S/C17H15NO2S/c1-12(19)10-11-20-15-8-4-2-6-13(15)17-18-14-7-3-5-9-16(14)21-17/h2-9H,10-11H2,1H3. The van der Waals surface area contributed by atoms with Gasteiger partial charge in [0.25, 0.3) is 0 Å². The van der Waals surface area contributed by atoms with Crippen molar-refractivity contribution < 1.29 is 9.53 Å². The maximum absolute atomic E-state index is 11.0. The van der Waals surface area contributed by atoms with Gasteiger partial charge in [-0.2, -0.15) is 0 Å². The fourth-order valence-electron chi connectivity index (χ4n) is 2.06. The van der Waals surface area contributed by atoms with Gasteiger partial charge in [0, 0.05) is 6.42 Å². The second-order valence-corrected chi connectivity index (χ2v) is 5.81. The number of aromatic nitrogens is 1. The highest BCUT2D eigenvalue weighted by Gasteiger charge is 2.11. The predicted molar refractivity (Wildman–Crippen MR) is 85.8 cm³/mol. The summed E-state index contributed by atoms with van der Waals surface area (Å²) in [7, 11) is 0. The Morgan fingerprint density at radius 1 is 1.14 bits per heavy atom. The quantitative estimate of drug-likeness (QED) is 0.704. The zero-order valence-electron chi connectivity index (χ0n) is 11.7. The van der Waals surface area contributed by atoms with Gasteiger partial charge in [-0.3, -0.25) is 4.79 Å². The molecule has 0 radical (unpaired) electrons. The molecule has 0 bridgehead atoms. The van der Waals surface area contributed by atoms with Crippen LogP contribution in [0.25, 0.3) is 20.8 Å². The van der Waals surface area contributed by atoms with Crippen molar-refractivity contribution in [2.45, 2.75) is 13.3 Å². The molecule has 106 valence electrons. The summed E-state index contributed by atoms with van der Waals surface area (Å²) in [6.45, 7) is 1.97. The Bertz CT molecular complexity index is 746. The number of carbonyl (C=O) groups is 1. The van der Waals surface area contributed by atoms with Crippen LogP contribution in [-0.2, 0) is 4.79 Å². The number of thiazole rings is 1. The molecule has 0 fully saturated rings. The molecule has 0 saturated carbocycles. The van der Waals surface area contributed by atoms with Crippen LogP contribution < -0.4 is 4.74 Å². The molecule has 4 heteroatoms. The summed E-state index contributed by atoms with van der Waals surface area (Å²) < 4.78 is 6.90. The van der Waals surface area contributed by atoms with Crippen LogP contribution in [0, 0.1) is 0 Å². The smallest absolute Gasteiger partial charge is 0.133 e. The number of carbonyl (C=O) groups excluding carboxylic acids is 1. The van der Waals surface area contributed by atoms with Crippen LogP contribution in [0.1, 0.15) is 13.3 Å². The summed E-state index contributed by atoms with van der Waals surface area (Å²) in [4.78, 5) is 15.7. The molecule has 3 nitrogen and oxygen atoms in total. The molecular weight excluding hydrogens is 282 g/mol. The van der Waals surface area contributed by atoms with Crippen molar-refractivity contribution in [2.24, 2.45) is 0 Å². The Balaban J connectivity index is 1.92. The minimum Gasteiger partial charge on any atom is -0.492 e. The number of benzene rings is 2. The Hall–Kier alpha value is -2.20. The van der Waals surface area contributed by atoms with Gasteiger partial charge in [-0.25, -0.2) is 4.98 Å². The number of Topliss-reactive ketones (excluding diaryl/α,β-unsaturated/α-hetero) is 1. The Morgan fingerprint density at radius 3 is 2.71 bits per heavy atom. The molecule has 0 amide bonds. The molecule has 2 aromatic carbocycles. The summed E-state index contributed by atoms with van der Waals surface area (Å²) in [6.07, 6.45) is 0.425. The van der Waals surface area contributed by atoms with E-state index < -0.39 is 0 Å². The molecule has 1 aromatic heterocycles. The molecule has 21 heavy (non-hydrogen) atoms. The molecule has 3 rings (SSSR count). The van der Waals surface area contributed by atoms with Crippen LogP contribution >= 0.6 is 11.3 Å². The fraction of sp³-hybridized carbons (Fsp3) is 0.176. The number of ketones is 1. The van der Waals surface area contributed by atoms with Gasteiger partial charge in [0.1, 0.15) is 16.5 Å². The number of fused-ring (bicyclic) bond motifs is 1. The number of hydrogen-bond donors (Lipinski definition) is 0. The number of hydrogen-bond acceptors (Lipinski definition) is 4. The average molecular weight is 297 g/mol. The molecule has 0 aliphatic rings. The van der Waals surface area contributed by atoms with Gasteiger partial charge >= 0.3 is 0 Å². The van der Waals surface area contributed by atoms with E-state index in [1.165, 1.54) is 0 Å². The van der Waals surface area contributed by atoms with Gasteiger partial charge < -0.3 is 4.74 Å². The van der Waals surface area contributed by atoms with E-state index in [0.717, 1.165) is 26.5 Å². The number of para-hydroxylation sites is 2. The molecule has 0 unspecified atom stereocenters. The Kier molecular flexibility index (Phi) is 3.97. The van der Waals surface area contributed by atoms with Gasteiger partial charge in [-0.1, -0.05) is 24.3 Å². The van der Waals surface area contributed by atoms with Crippen molar-refractivity contribution in [3.63, 3.8) is 0 Å². The van der Waals surface area contributed by atoms with E-state index in [-0.39, 0.29) is 5.78 Å². The van der Waals surface area contributed by atoms with E-state index in [1.807, 2.05) is 42.5 Å². The average Bonchev–Trinajstić information content (AvgIpc) is 2.91. The molecule has 0 atom stereocenters. The van der Waals surface area contributed by atoms with E-state index in [9.17, 15) is 4.79 Å². The number of rotatable bonds is 5. The van der Waals surface area contributed by atoms with Crippen LogP contribution in [0.3, 0.4) is 0 Å². The summed E-state index contributed by atoms with van der Waals surface area (Å²) in [5.74, 6) is 0.908. The third-order valence-corrected chi connectivity index (χ3v) is 4.19. The van der Waals surface area contributed by atoms with E-state index in [1.54, 1.807) is 18.3 Å². The first-order valence-electron chi connectivity index (χ1n) is 6.81. The van der Waals surface area contributed by atoms with E-state index in [0.29, 0.717) is 13.0 Å². The van der Waals surface area contributed by atoms with Gasteiger partial charge in [-0.15, -0.1) is 11.3 Å². The minimum absolute atomic E-state index is 0.132. The van der Waals surface area contributed by atoms with Crippen LogP contribution in [0.5, 0.6) is 5.75 Å². The minimum atomic E-state index is 0.132. The van der Waals surface area contributed by atoms with Gasteiger partial charge in [0.2, 0.25) is 0 Å². The highest BCUT2D eigenvalue weighted by Crippen LogP contribution is 2.35. The summed E-state index contributed by atoms with van der Waals surface area (Å²) in [5.41, 5.74) is 1.97. The highest BCUT2D eigenvalue weighted by atomic mass is 32.1. The molecule has 0 N–H and O–H groups in total. The molecule has 1 heterocycles. The maximum Gasteiger partial charge on any atom is 0.133 e. The summed E-state index contributed by atoms with van der Waals surface area (Å²) in [5, 5.41) is 0.939. The van der Waals surface area contributed by atoms with Crippen LogP contribution in [0.2, 0.25) is 0 Å². The van der Waals surface area contributed by atoms with E-state index >= 15 is 0 Å². The third kappa shape index (κ3) is 3.11. The first-order valence-corrected chi connectivity index (χ1v) is 7.63. The van der Waals surface area contributed by atoms with Crippen LogP contribution in [0.4, 0.5) is 0 Å². The monoisotopic (exact) mass is 297 g/mol. The maximum atomic E-state index is 11.0. The zero-order valence-corrected chi connectivity index (χ0v) is 12.5. The van der Waals surface area contributed by atoms with Crippen molar-refractivity contribution >= 4 is 27.3 Å². The molecular formula is C17H15NO2S. The lowest BCUT2D eigenvalue weighted by atomic mass is 10.2. The Labute approximate surface area is 127 Å². The molecule has 0 aliphatic carbocycles. The zero-order chi connectivity index (χ0) is 14.7. The molecule has 3 aromatic rings. The largest absolute Gasteiger partial charge is 0.492 e. The second kappa shape index (κ2) is 6.06. The predicted octanol–water partition coefficient (Wildman–Crippen LogP) is 4.32. The second-order valence-electron chi connectivity index (χ2n) is 4.78. The van der Waals surface area contributed by atoms with Gasteiger partial charge in [0.05, 0.1) is 22.4 Å². The van der Waals surface area contributed by atoms with E-state index in [4.69, 9.17) is 4.74 Å². The summed E-state index contributed by atoms with van der Waals surface area (Å²) in [6, 6.07) is 15.9. The van der Waals surface area contributed by atoms with Crippen molar-refractivity contribution in [2.75, 3.05) is 6.61 Å². The SMILES string of the molecule is CC(=O)CCOc1ccccc1-c1nc2ccccc2s1. The highest BCUT2D eigenvalue weighted by molar-refractivity contribution is 7.21. The fourth-order valence-corrected chi connectivity index (χ4v) is 3.06. The topological polar surface area (TPSA) is 39.2 Å². The van der Waals surface area contributed by atoms with Crippen LogP contribution in [-0.4, -0.2) is 17.4 Å². The normalized spacial score (nSPS) is 10.7. The first-order chi connectivity index (χ1) is 10.2. The molecule has 0 aliphatic heterocycles. The lowest BCUT2D eigenvalue weighted by Gasteiger charge is -2.08. The third-order valence-electron chi connectivity index (χ3n) is 3.12. The lowest BCUT2D eigenvalue weighted by molar-refractivity contribution is -0.117. The van der Waals surface area contributed by atoms with E-state index in [2.05, 4.69) is 11.1 Å². The van der Waals surface area contributed by atoms with Crippen molar-refractivity contribution in [3.05, 3.63) is 48.5 Å². The number of nitrogens with zero attached hydrogens (tertiary/aromatic N) is 1. The van der Waals surface area contributed by atoms with Crippen LogP contribution in [0.15, 0.2) is 48.5 Å². The van der Waals surface area contributed by atoms with Crippen molar-refractivity contribution in [3.8, 4) is 16.3 Å². The summed E-state index contributed by atoms with van der Waals surface area (Å²) >= 11 is 1.65. The number of ether oxygens (including phenoxy) is 1. The van der Waals surface area contributed by atoms with Gasteiger partial charge in [-0.05, 0) is 31.2 Å². The molecule has 0 saturated heterocycles. The van der Waals surface area contributed by atoms with Crippen molar-refractivity contribution in [1.29, 1.82) is 0 Å². The van der Waals surface area contributed by atoms with Gasteiger partial charge in [0.15, 0.2) is 0 Å².